The van der Waals surface area contributed by atoms with Crippen LogP contribution in [0, 0.1) is 0 Å². The number of anilines is 3. The Morgan fingerprint density at radius 1 is 0.857 bits per heavy atom. The molecule has 0 atom stereocenters. The van der Waals surface area contributed by atoms with Gasteiger partial charge in [0.25, 0.3) is 0 Å². The van der Waals surface area contributed by atoms with Gasteiger partial charge in [-0.05, 0) is 19.9 Å². The molecule has 2 fully saturated rings. The third kappa shape index (κ3) is 2.87. The summed E-state index contributed by atoms with van der Waals surface area (Å²) >= 11 is 12.8. The number of pyridine rings is 1. The second-order valence-corrected chi connectivity index (χ2v) is 6.54. The molecule has 1 aromatic rings. The number of nitrogens with two attached hydrogens (primary N) is 1. The molecule has 2 N–H and O–H groups in total. The number of hydrogen-bond acceptors (Lipinski definition) is 5. The molecule has 0 aromatic carbocycles. The second kappa shape index (κ2) is 6.07. The smallest absolute Gasteiger partial charge is 0.152 e. The monoisotopic (exact) mass is 329 g/mol. The molecule has 1 aromatic heterocycles. The van der Waals surface area contributed by atoms with E-state index in [1.165, 1.54) is 12.8 Å². The Balaban J connectivity index is 1.95. The van der Waals surface area contributed by atoms with Crippen LogP contribution in [0.2, 0.25) is 10.0 Å². The van der Waals surface area contributed by atoms with Gasteiger partial charge in [0.15, 0.2) is 11.6 Å². The predicted octanol–water partition coefficient (Wildman–Crippen LogP) is 2.32. The van der Waals surface area contributed by atoms with Gasteiger partial charge in [0.05, 0.1) is 5.69 Å². The zero-order valence-corrected chi connectivity index (χ0v) is 13.8. The van der Waals surface area contributed by atoms with Crippen molar-refractivity contribution >= 4 is 40.5 Å². The van der Waals surface area contributed by atoms with Crippen LogP contribution in [0.5, 0.6) is 0 Å². The Hall–Kier alpha value is -0.910. The first-order valence-electron chi connectivity index (χ1n) is 7.41. The average Bonchev–Trinajstić information content (AvgIpc) is 3.00. The van der Waals surface area contributed by atoms with Crippen LogP contribution in [0.1, 0.15) is 12.8 Å². The summed E-state index contributed by atoms with van der Waals surface area (Å²) in [4.78, 5) is 11.5. The number of aromatic nitrogens is 1. The summed E-state index contributed by atoms with van der Waals surface area (Å²) in [6.45, 7) is 5.78. The SMILES string of the molecule is CN1CCN(c2nc(N3CCCC3)c(Cl)c(N)c2Cl)CC1. The molecule has 5 nitrogen and oxygen atoms in total. The molecule has 2 aliphatic rings. The lowest BCUT2D eigenvalue weighted by Gasteiger charge is -2.34. The standard InChI is InChI=1S/C14H21Cl2N5/c1-19-6-8-21(9-7-19)14-11(16)12(17)10(15)13(18-14)20-4-2-3-5-20/h2-9H2,1H3,(H2,17,18). The summed E-state index contributed by atoms with van der Waals surface area (Å²) in [6.07, 6.45) is 2.34. The van der Waals surface area contributed by atoms with Crippen LogP contribution in [0.3, 0.4) is 0 Å². The summed E-state index contributed by atoms with van der Waals surface area (Å²) in [5.74, 6) is 1.55. The van der Waals surface area contributed by atoms with Gasteiger partial charge in [0, 0.05) is 39.3 Å². The fraction of sp³-hybridized carbons (Fsp3) is 0.643. The highest BCUT2D eigenvalue weighted by molar-refractivity contribution is 6.41. The largest absolute Gasteiger partial charge is 0.396 e. The van der Waals surface area contributed by atoms with Gasteiger partial charge in [-0.2, -0.15) is 0 Å². The lowest BCUT2D eigenvalue weighted by molar-refractivity contribution is 0.312. The van der Waals surface area contributed by atoms with Gasteiger partial charge >= 0.3 is 0 Å². The zero-order valence-electron chi connectivity index (χ0n) is 12.3. The molecule has 3 rings (SSSR count). The quantitative estimate of drug-likeness (QED) is 0.902. The summed E-state index contributed by atoms with van der Waals surface area (Å²) < 4.78 is 0. The van der Waals surface area contributed by atoms with Gasteiger partial charge in [-0.1, -0.05) is 23.2 Å². The van der Waals surface area contributed by atoms with Gasteiger partial charge < -0.3 is 20.4 Å². The molecule has 2 aliphatic heterocycles. The highest BCUT2D eigenvalue weighted by atomic mass is 35.5. The third-order valence-corrected chi connectivity index (χ3v) is 5.03. The molecule has 0 saturated carbocycles. The molecular formula is C14H21Cl2N5. The molecule has 0 bridgehead atoms. The van der Waals surface area contributed by atoms with Crippen LogP contribution >= 0.6 is 23.2 Å². The normalized spacial score (nSPS) is 20.3. The molecule has 21 heavy (non-hydrogen) atoms. The minimum atomic E-state index is 0.448. The van der Waals surface area contributed by atoms with Gasteiger partial charge in [0.2, 0.25) is 0 Å². The maximum atomic E-state index is 6.40. The van der Waals surface area contributed by atoms with E-state index in [0.29, 0.717) is 15.7 Å². The van der Waals surface area contributed by atoms with E-state index in [2.05, 4.69) is 21.7 Å². The fourth-order valence-corrected chi connectivity index (χ4v) is 3.46. The van der Waals surface area contributed by atoms with E-state index in [1.807, 2.05) is 0 Å². The maximum Gasteiger partial charge on any atom is 0.152 e. The minimum absolute atomic E-state index is 0.448. The number of halogens is 2. The van der Waals surface area contributed by atoms with Gasteiger partial charge in [-0.3, -0.25) is 0 Å². The summed E-state index contributed by atoms with van der Waals surface area (Å²) in [6, 6.07) is 0. The van der Waals surface area contributed by atoms with Crippen LogP contribution in [0.4, 0.5) is 17.3 Å². The Bertz CT molecular complexity index is 523. The number of hydrogen-bond donors (Lipinski definition) is 1. The Labute approximate surface area is 135 Å². The lowest BCUT2D eigenvalue weighted by atomic mass is 10.3. The lowest BCUT2D eigenvalue weighted by Crippen LogP contribution is -2.45. The molecule has 0 radical (unpaired) electrons. The van der Waals surface area contributed by atoms with Gasteiger partial charge in [0.1, 0.15) is 10.0 Å². The van der Waals surface area contributed by atoms with Crippen molar-refractivity contribution < 1.29 is 0 Å². The van der Waals surface area contributed by atoms with Crippen LogP contribution < -0.4 is 15.5 Å². The molecule has 0 unspecified atom stereocenters. The molecule has 2 saturated heterocycles. The van der Waals surface area contributed by atoms with E-state index < -0.39 is 0 Å². The molecule has 0 aliphatic carbocycles. The number of nitrogen functional groups attached to an aromatic ring is 1. The van der Waals surface area contributed by atoms with E-state index in [-0.39, 0.29) is 0 Å². The number of piperazine rings is 1. The third-order valence-electron chi connectivity index (χ3n) is 4.29. The topological polar surface area (TPSA) is 48.6 Å². The van der Waals surface area contributed by atoms with Crippen molar-refractivity contribution in [2.45, 2.75) is 12.8 Å². The summed E-state index contributed by atoms with van der Waals surface area (Å²) in [7, 11) is 2.12. The highest BCUT2D eigenvalue weighted by Gasteiger charge is 2.25. The van der Waals surface area contributed by atoms with E-state index in [9.17, 15) is 0 Å². The summed E-state index contributed by atoms with van der Waals surface area (Å²) in [5.41, 5.74) is 6.57. The van der Waals surface area contributed by atoms with Gasteiger partial charge in [-0.15, -0.1) is 0 Å². The first-order valence-corrected chi connectivity index (χ1v) is 8.16. The van der Waals surface area contributed by atoms with Crippen molar-refractivity contribution in [1.82, 2.24) is 9.88 Å². The number of rotatable bonds is 2. The number of likely N-dealkylation sites (N-methyl/N-ethyl adjacent to an activating group) is 1. The first-order chi connectivity index (χ1) is 10.1. The summed E-state index contributed by atoms with van der Waals surface area (Å²) in [5, 5.41) is 0.965. The Morgan fingerprint density at radius 3 is 1.86 bits per heavy atom. The van der Waals surface area contributed by atoms with Crippen molar-refractivity contribution in [3.63, 3.8) is 0 Å². The molecule has 116 valence electrons. The van der Waals surface area contributed by atoms with E-state index in [0.717, 1.165) is 50.9 Å². The van der Waals surface area contributed by atoms with Gasteiger partial charge in [-0.25, -0.2) is 4.98 Å². The van der Waals surface area contributed by atoms with Crippen LogP contribution in [-0.2, 0) is 0 Å². The van der Waals surface area contributed by atoms with Crippen molar-refractivity contribution in [3.05, 3.63) is 10.0 Å². The van der Waals surface area contributed by atoms with E-state index in [1.54, 1.807) is 0 Å². The average molecular weight is 330 g/mol. The fourth-order valence-electron chi connectivity index (χ4n) is 2.90. The Kier molecular flexibility index (Phi) is 4.33. The molecule has 0 spiro atoms. The molecular weight excluding hydrogens is 309 g/mol. The van der Waals surface area contributed by atoms with Crippen LogP contribution in [0.15, 0.2) is 0 Å². The zero-order chi connectivity index (χ0) is 15.0. The van der Waals surface area contributed by atoms with E-state index >= 15 is 0 Å². The number of nitrogens with zero attached hydrogens (tertiary/aromatic N) is 4. The van der Waals surface area contributed by atoms with E-state index in [4.69, 9.17) is 33.9 Å². The van der Waals surface area contributed by atoms with Crippen molar-refractivity contribution in [3.8, 4) is 0 Å². The van der Waals surface area contributed by atoms with Crippen LogP contribution in [-0.4, -0.2) is 56.2 Å². The second-order valence-electron chi connectivity index (χ2n) is 5.79. The molecule has 0 amide bonds. The van der Waals surface area contributed by atoms with Crippen LogP contribution in [0.25, 0.3) is 0 Å². The minimum Gasteiger partial charge on any atom is -0.396 e. The molecule has 7 heteroatoms. The molecule has 3 heterocycles. The van der Waals surface area contributed by atoms with Crippen molar-refractivity contribution in [2.75, 3.05) is 61.8 Å². The first kappa shape index (κ1) is 15.0. The highest BCUT2D eigenvalue weighted by Crippen LogP contribution is 2.41. The Morgan fingerprint density at radius 2 is 1.33 bits per heavy atom. The predicted molar refractivity (Wildman–Crippen MR) is 89.8 cm³/mol. The van der Waals surface area contributed by atoms with Crippen molar-refractivity contribution in [1.29, 1.82) is 0 Å². The maximum absolute atomic E-state index is 6.40. The van der Waals surface area contributed by atoms with Crippen molar-refractivity contribution in [2.24, 2.45) is 0 Å².